The van der Waals surface area contributed by atoms with Gasteiger partial charge in [0.05, 0.1) is 0 Å². The number of carbonyl (C=O) groups is 2. The molecule has 4 nitrogen and oxygen atoms in total. The highest BCUT2D eigenvalue weighted by Crippen LogP contribution is 2.19. The van der Waals surface area contributed by atoms with Gasteiger partial charge in [-0.25, -0.2) is 4.79 Å². The average Bonchev–Trinajstić information content (AvgIpc) is 2.55. The smallest absolute Gasteiger partial charge is 0.326 e. The maximum atomic E-state index is 12.1. The second-order valence-corrected chi connectivity index (χ2v) is 4.83. The van der Waals surface area contributed by atoms with Gasteiger partial charge in [0.25, 0.3) is 5.91 Å². The average molecular weight is 295 g/mol. The number of benzene rings is 2. The maximum Gasteiger partial charge on any atom is 0.326 e. The van der Waals surface area contributed by atoms with E-state index in [1.54, 1.807) is 12.1 Å². The molecule has 0 heterocycles. The van der Waals surface area contributed by atoms with Gasteiger partial charge in [-0.15, -0.1) is 6.58 Å². The van der Waals surface area contributed by atoms with Gasteiger partial charge >= 0.3 is 5.97 Å². The molecule has 0 unspecified atom stereocenters. The molecular formula is C18H17NO3. The van der Waals surface area contributed by atoms with E-state index in [1.165, 1.54) is 6.08 Å². The molecule has 0 saturated heterocycles. The van der Waals surface area contributed by atoms with Gasteiger partial charge in [-0.05, 0) is 29.7 Å². The van der Waals surface area contributed by atoms with E-state index in [2.05, 4.69) is 11.9 Å². The topological polar surface area (TPSA) is 66.4 Å². The summed E-state index contributed by atoms with van der Waals surface area (Å²) in [6.45, 7) is 3.49. The summed E-state index contributed by atoms with van der Waals surface area (Å²) in [6.07, 6.45) is 1.65. The van der Waals surface area contributed by atoms with Gasteiger partial charge in [0, 0.05) is 5.56 Å². The lowest BCUT2D eigenvalue weighted by molar-refractivity contribution is -0.139. The van der Waals surface area contributed by atoms with E-state index in [-0.39, 0.29) is 6.42 Å². The summed E-state index contributed by atoms with van der Waals surface area (Å²) in [6, 6.07) is 15.9. The second-order valence-electron chi connectivity index (χ2n) is 4.83. The molecule has 0 aromatic heterocycles. The highest BCUT2D eigenvalue weighted by atomic mass is 16.4. The summed E-state index contributed by atoms with van der Waals surface area (Å²) in [7, 11) is 0. The molecule has 2 N–H and O–H groups in total. The first kappa shape index (κ1) is 15.5. The lowest BCUT2D eigenvalue weighted by atomic mass is 10.0. The Hall–Kier alpha value is -2.88. The summed E-state index contributed by atoms with van der Waals surface area (Å²) in [5, 5.41) is 11.5. The summed E-state index contributed by atoms with van der Waals surface area (Å²) < 4.78 is 0. The van der Waals surface area contributed by atoms with Crippen LogP contribution in [0.25, 0.3) is 11.1 Å². The number of amides is 1. The SMILES string of the molecule is C=CC[C@@H](NC(=O)c1ccc(-c2ccccc2)cc1)C(=O)O. The zero-order valence-electron chi connectivity index (χ0n) is 12.0. The zero-order valence-corrected chi connectivity index (χ0v) is 12.0. The van der Waals surface area contributed by atoms with Crippen LogP contribution in [0.4, 0.5) is 0 Å². The quantitative estimate of drug-likeness (QED) is 0.805. The Balaban J connectivity index is 2.11. The van der Waals surface area contributed by atoms with Crippen molar-refractivity contribution in [3.63, 3.8) is 0 Å². The minimum atomic E-state index is -1.07. The van der Waals surface area contributed by atoms with Crippen LogP contribution in [0.2, 0.25) is 0 Å². The molecule has 1 atom stereocenters. The number of nitrogens with one attached hydrogen (secondary N) is 1. The Bertz CT molecular complexity index is 662. The standard InChI is InChI=1S/C18H17NO3/c1-2-6-16(18(21)22)19-17(20)15-11-9-14(10-12-15)13-7-4-3-5-8-13/h2-5,7-12,16H,1,6H2,(H,19,20)(H,21,22)/t16-/m1/s1. The zero-order chi connectivity index (χ0) is 15.9. The highest BCUT2D eigenvalue weighted by Gasteiger charge is 2.18. The Morgan fingerprint density at radius 2 is 1.64 bits per heavy atom. The number of carboxylic acids is 1. The molecule has 0 aliphatic carbocycles. The Labute approximate surface area is 129 Å². The third-order valence-electron chi connectivity index (χ3n) is 3.26. The van der Waals surface area contributed by atoms with Crippen LogP contribution in [-0.4, -0.2) is 23.0 Å². The largest absolute Gasteiger partial charge is 0.480 e. The fourth-order valence-electron chi connectivity index (χ4n) is 2.07. The third kappa shape index (κ3) is 3.82. The van der Waals surface area contributed by atoms with Crippen LogP contribution in [0.5, 0.6) is 0 Å². The summed E-state index contributed by atoms with van der Waals surface area (Å²) >= 11 is 0. The molecule has 0 saturated carbocycles. The van der Waals surface area contributed by atoms with Crippen LogP contribution in [0.15, 0.2) is 67.3 Å². The van der Waals surface area contributed by atoms with Crippen molar-refractivity contribution in [2.24, 2.45) is 0 Å². The molecule has 112 valence electrons. The number of carbonyl (C=O) groups excluding carboxylic acids is 1. The van der Waals surface area contributed by atoms with Gasteiger partial charge < -0.3 is 10.4 Å². The third-order valence-corrected chi connectivity index (χ3v) is 3.26. The van der Waals surface area contributed by atoms with E-state index in [0.29, 0.717) is 5.56 Å². The van der Waals surface area contributed by atoms with Crippen molar-refractivity contribution >= 4 is 11.9 Å². The van der Waals surface area contributed by atoms with Gasteiger partial charge in [-0.3, -0.25) is 4.79 Å². The van der Waals surface area contributed by atoms with Gasteiger partial charge in [0.15, 0.2) is 0 Å². The lowest BCUT2D eigenvalue weighted by Crippen LogP contribution is -2.40. The summed E-state index contributed by atoms with van der Waals surface area (Å²) in [5.74, 6) is -1.48. The molecule has 2 rings (SSSR count). The highest BCUT2D eigenvalue weighted by molar-refractivity contribution is 5.97. The van der Waals surface area contributed by atoms with Crippen LogP contribution in [0.3, 0.4) is 0 Å². The van der Waals surface area contributed by atoms with Gasteiger partial charge in [0.2, 0.25) is 0 Å². The fraction of sp³-hybridized carbons (Fsp3) is 0.111. The Morgan fingerprint density at radius 1 is 1.05 bits per heavy atom. The molecule has 0 aliphatic heterocycles. The second kappa shape index (κ2) is 7.22. The van der Waals surface area contributed by atoms with Crippen molar-refractivity contribution in [3.8, 4) is 11.1 Å². The molecule has 1 amide bonds. The molecule has 4 heteroatoms. The minimum Gasteiger partial charge on any atom is -0.480 e. The van der Waals surface area contributed by atoms with Crippen molar-refractivity contribution in [2.45, 2.75) is 12.5 Å². The molecule has 0 bridgehead atoms. The first-order valence-corrected chi connectivity index (χ1v) is 6.92. The van der Waals surface area contributed by atoms with Crippen molar-refractivity contribution in [2.75, 3.05) is 0 Å². The Morgan fingerprint density at radius 3 is 2.18 bits per heavy atom. The van der Waals surface area contributed by atoms with Crippen molar-refractivity contribution in [3.05, 3.63) is 72.8 Å². The van der Waals surface area contributed by atoms with E-state index in [4.69, 9.17) is 5.11 Å². The van der Waals surface area contributed by atoms with Crippen molar-refractivity contribution < 1.29 is 14.7 Å². The molecule has 0 radical (unpaired) electrons. The van der Waals surface area contributed by atoms with E-state index < -0.39 is 17.9 Å². The first-order valence-electron chi connectivity index (χ1n) is 6.92. The van der Waals surface area contributed by atoms with Crippen LogP contribution in [0.1, 0.15) is 16.8 Å². The molecule has 0 spiro atoms. The van der Waals surface area contributed by atoms with E-state index in [0.717, 1.165) is 11.1 Å². The maximum absolute atomic E-state index is 12.1. The predicted molar refractivity (Wildman–Crippen MR) is 85.6 cm³/mol. The fourth-order valence-corrected chi connectivity index (χ4v) is 2.07. The van der Waals surface area contributed by atoms with E-state index in [9.17, 15) is 9.59 Å². The predicted octanol–water partition coefficient (Wildman–Crippen LogP) is 3.11. The normalized spacial score (nSPS) is 11.5. The minimum absolute atomic E-state index is 0.184. The van der Waals surface area contributed by atoms with E-state index in [1.807, 2.05) is 42.5 Å². The Kier molecular flexibility index (Phi) is 5.09. The van der Waals surface area contributed by atoms with Crippen LogP contribution >= 0.6 is 0 Å². The van der Waals surface area contributed by atoms with Crippen molar-refractivity contribution in [1.29, 1.82) is 0 Å². The summed E-state index contributed by atoms with van der Waals surface area (Å²) in [5.41, 5.74) is 2.48. The molecule has 2 aromatic rings. The van der Waals surface area contributed by atoms with Crippen molar-refractivity contribution in [1.82, 2.24) is 5.32 Å². The molecule has 0 aliphatic rings. The first-order chi connectivity index (χ1) is 10.6. The number of carboxylic acid groups (broad SMARTS) is 1. The number of aliphatic carboxylic acids is 1. The monoisotopic (exact) mass is 295 g/mol. The number of hydrogen-bond acceptors (Lipinski definition) is 2. The molecular weight excluding hydrogens is 278 g/mol. The number of hydrogen-bond donors (Lipinski definition) is 2. The van der Waals surface area contributed by atoms with Crippen LogP contribution < -0.4 is 5.32 Å². The van der Waals surface area contributed by atoms with E-state index >= 15 is 0 Å². The van der Waals surface area contributed by atoms with Gasteiger partial charge in [-0.2, -0.15) is 0 Å². The van der Waals surface area contributed by atoms with Crippen LogP contribution in [0, 0.1) is 0 Å². The number of rotatable bonds is 6. The molecule has 0 fully saturated rings. The van der Waals surface area contributed by atoms with Gasteiger partial charge in [0.1, 0.15) is 6.04 Å². The molecule has 22 heavy (non-hydrogen) atoms. The summed E-state index contributed by atoms with van der Waals surface area (Å²) in [4.78, 5) is 23.1. The lowest BCUT2D eigenvalue weighted by Gasteiger charge is -2.12. The van der Waals surface area contributed by atoms with Crippen LogP contribution in [-0.2, 0) is 4.79 Å². The van der Waals surface area contributed by atoms with Gasteiger partial charge in [-0.1, -0.05) is 48.5 Å². The molecule has 2 aromatic carbocycles.